The highest BCUT2D eigenvalue weighted by atomic mass is 16.5. The van der Waals surface area contributed by atoms with Crippen LogP contribution < -0.4 is 20.2 Å². The van der Waals surface area contributed by atoms with Crippen molar-refractivity contribution in [3.63, 3.8) is 0 Å². The standard InChI is InChI=1S/C20H23N3O4/c1-3-11-27-17-10-9-16(12-18(17)26-2)14-22-23-20(25)19(24)21-13-15-7-5-4-6-8-15/h4-10,12,14H,3,11,13H2,1-2H3,(H,21,24)(H,23,25)/b22-14-. The van der Waals surface area contributed by atoms with Gasteiger partial charge in [-0.2, -0.15) is 5.10 Å². The van der Waals surface area contributed by atoms with Gasteiger partial charge in [0.25, 0.3) is 0 Å². The van der Waals surface area contributed by atoms with Crippen molar-refractivity contribution in [2.24, 2.45) is 5.10 Å². The van der Waals surface area contributed by atoms with Gasteiger partial charge in [-0.25, -0.2) is 5.43 Å². The number of rotatable bonds is 8. The van der Waals surface area contributed by atoms with E-state index in [0.29, 0.717) is 23.7 Å². The number of benzene rings is 2. The Bertz CT molecular complexity index is 791. The third-order valence-corrected chi connectivity index (χ3v) is 3.53. The number of amides is 2. The molecule has 7 nitrogen and oxygen atoms in total. The first-order chi connectivity index (χ1) is 13.1. The Balaban J connectivity index is 1.86. The van der Waals surface area contributed by atoms with Crippen molar-refractivity contribution in [1.29, 1.82) is 0 Å². The van der Waals surface area contributed by atoms with Crippen LogP contribution in [0.2, 0.25) is 0 Å². The first-order valence-electron chi connectivity index (χ1n) is 8.60. The van der Waals surface area contributed by atoms with Gasteiger partial charge in [-0.3, -0.25) is 9.59 Å². The Labute approximate surface area is 158 Å². The fourth-order valence-corrected chi connectivity index (χ4v) is 2.17. The second-order valence-electron chi connectivity index (χ2n) is 5.63. The maximum absolute atomic E-state index is 11.8. The van der Waals surface area contributed by atoms with E-state index in [1.807, 2.05) is 37.3 Å². The van der Waals surface area contributed by atoms with Crippen LogP contribution in [0.25, 0.3) is 0 Å². The molecule has 142 valence electrons. The molecule has 2 N–H and O–H groups in total. The van der Waals surface area contributed by atoms with E-state index in [-0.39, 0.29) is 6.54 Å². The Hall–Kier alpha value is -3.35. The van der Waals surface area contributed by atoms with E-state index in [4.69, 9.17) is 9.47 Å². The minimum atomic E-state index is -0.836. The van der Waals surface area contributed by atoms with E-state index < -0.39 is 11.8 Å². The van der Waals surface area contributed by atoms with Crippen molar-refractivity contribution in [2.45, 2.75) is 19.9 Å². The molecule has 0 saturated carbocycles. The van der Waals surface area contributed by atoms with Gasteiger partial charge >= 0.3 is 11.8 Å². The van der Waals surface area contributed by atoms with Crippen molar-refractivity contribution in [3.05, 3.63) is 59.7 Å². The topological polar surface area (TPSA) is 89.0 Å². The van der Waals surface area contributed by atoms with Crippen LogP contribution in [0.5, 0.6) is 11.5 Å². The van der Waals surface area contributed by atoms with Gasteiger partial charge in [-0.15, -0.1) is 0 Å². The molecule has 0 saturated heterocycles. The molecule has 2 amide bonds. The summed E-state index contributed by atoms with van der Waals surface area (Å²) in [5.41, 5.74) is 3.80. The zero-order chi connectivity index (χ0) is 19.5. The third kappa shape index (κ3) is 6.47. The molecule has 0 aromatic heterocycles. The Morgan fingerprint density at radius 3 is 2.56 bits per heavy atom. The van der Waals surface area contributed by atoms with Crippen molar-refractivity contribution in [2.75, 3.05) is 13.7 Å². The number of carbonyl (C=O) groups is 2. The summed E-state index contributed by atoms with van der Waals surface area (Å²) in [4.78, 5) is 23.5. The van der Waals surface area contributed by atoms with Gasteiger partial charge < -0.3 is 14.8 Å². The zero-order valence-electron chi connectivity index (χ0n) is 15.4. The van der Waals surface area contributed by atoms with Gasteiger partial charge in [0, 0.05) is 6.54 Å². The average Bonchev–Trinajstić information content (AvgIpc) is 2.71. The van der Waals surface area contributed by atoms with Crippen molar-refractivity contribution in [3.8, 4) is 11.5 Å². The number of hydrogen-bond donors (Lipinski definition) is 2. The number of ether oxygens (including phenoxy) is 2. The van der Waals surface area contributed by atoms with E-state index in [9.17, 15) is 9.59 Å². The lowest BCUT2D eigenvalue weighted by molar-refractivity contribution is -0.139. The summed E-state index contributed by atoms with van der Waals surface area (Å²) in [6, 6.07) is 14.6. The van der Waals surface area contributed by atoms with Gasteiger partial charge in [0.05, 0.1) is 19.9 Å². The summed E-state index contributed by atoms with van der Waals surface area (Å²) >= 11 is 0. The van der Waals surface area contributed by atoms with E-state index in [1.165, 1.54) is 6.21 Å². The lowest BCUT2D eigenvalue weighted by atomic mass is 10.2. The molecule has 0 atom stereocenters. The molecule has 0 radical (unpaired) electrons. The van der Waals surface area contributed by atoms with E-state index in [2.05, 4.69) is 15.8 Å². The molecule has 27 heavy (non-hydrogen) atoms. The molecule has 0 unspecified atom stereocenters. The molecule has 0 fully saturated rings. The van der Waals surface area contributed by atoms with Crippen molar-refractivity contribution in [1.82, 2.24) is 10.7 Å². The monoisotopic (exact) mass is 369 g/mol. The average molecular weight is 369 g/mol. The van der Waals surface area contributed by atoms with Crippen molar-refractivity contribution < 1.29 is 19.1 Å². The smallest absolute Gasteiger partial charge is 0.329 e. The highest BCUT2D eigenvalue weighted by Gasteiger charge is 2.12. The van der Waals surface area contributed by atoms with Crippen LogP contribution in [-0.2, 0) is 16.1 Å². The van der Waals surface area contributed by atoms with Crippen LogP contribution in [0.4, 0.5) is 0 Å². The fourth-order valence-electron chi connectivity index (χ4n) is 2.17. The molecule has 0 bridgehead atoms. The van der Waals surface area contributed by atoms with Crippen LogP contribution in [0.1, 0.15) is 24.5 Å². The first-order valence-corrected chi connectivity index (χ1v) is 8.60. The third-order valence-electron chi connectivity index (χ3n) is 3.53. The number of nitrogens with zero attached hydrogens (tertiary/aromatic N) is 1. The maximum Gasteiger partial charge on any atom is 0.329 e. The summed E-state index contributed by atoms with van der Waals surface area (Å²) in [5, 5.41) is 6.33. The quantitative estimate of drug-likeness (QED) is 0.424. The molecule has 2 aromatic carbocycles. The minimum Gasteiger partial charge on any atom is -0.493 e. The molecule has 2 rings (SSSR count). The summed E-state index contributed by atoms with van der Waals surface area (Å²) in [6.07, 6.45) is 2.32. The minimum absolute atomic E-state index is 0.271. The molecular weight excluding hydrogens is 346 g/mol. The molecule has 0 spiro atoms. The fraction of sp³-hybridized carbons (Fsp3) is 0.250. The SMILES string of the molecule is CCCOc1ccc(/C=N\NC(=O)C(=O)NCc2ccccc2)cc1OC. The van der Waals surface area contributed by atoms with Gasteiger partial charge in [0.1, 0.15) is 0 Å². The van der Waals surface area contributed by atoms with E-state index in [1.54, 1.807) is 25.3 Å². The van der Waals surface area contributed by atoms with Crippen LogP contribution in [0.3, 0.4) is 0 Å². The predicted molar refractivity (Wildman–Crippen MR) is 103 cm³/mol. The highest BCUT2D eigenvalue weighted by Crippen LogP contribution is 2.27. The van der Waals surface area contributed by atoms with E-state index in [0.717, 1.165) is 12.0 Å². The predicted octanol–water partition coefficient (Wildman–Crippen LogP) is 2.25. The van der Waals surface area contributed by atoms with Crippen LogP contribution in [-0.4, -0.2) is 31.7 Å². The molecule has 7 heteroatoms. The second-order valence-corrected chi connectivity index (χ2v) is 5.63. The summed E-state index contributed by atoms with van der Waals surface area (Å²) < 4.78 is 10.9. The van der Waals surface area contributed by atoms with Crippen LogP contribution in [0.15, 0.2) is 53.6 Å². The maximum atomic E-state index is 11.8. The second kappa shape index (κ2) is 10.6. The molecule has 0 aliphatic carbocycles. The number of carbonyl (C=O) groups excluding carboxylic acids is 2. The summed E-state index contributed by atoms with van der Waals surface area (Å²) in [6.45, 7) is 2.89. The lowest BCUT2D eigenvalue weighted by Crippen LogP contribution is -2.37. The lowest BCUT2D eigenvalue weighted by Gasteiger charge is -2.10. The number of methoxy groups -OCH3 is 1. The summed E-state index contributed by atoms with van der Waals surface area (Å²) in [7, 11) is 1.55. The van der Waals surface area contributed by atoms with Gasteiger partial charge in [-0.05, 0) is 35.7 Å². The largest absolute Gasteiger partial charge is 0.493 e. The van der Waals surface area contributed by atoms with E-state index >= 15 is 0 Å². The first kappa shape index (κ1) is 20.0. The summed E-state index contributed by atoms with van der Waals surface area (Å²) in [5.74, 6) is -0.380. The molecule has 0 aliphatic heterocycles. The molecule has 0 heterocycles. The van der Waals surface area contributed by atoms with Crippen LogP contribution >= 0.6 is 0 Å². The molecule has 2 aromatic rings. The molecular formula is C20H23N3O4. The van der Waals surface area contributed by atoms with Gasteiger partial charge in [0.15, 0.2) is 11.5 Å². The normalized spacial score (nSPS) is 10.4. The highest BCUT2D eigenvalue weighted by molar-refractivity contribution is 6.35. The Kier molecular flexibility index (Phi) is 7.84. The number of nitrogens with one attached hydrogen (secondary N) is 2. The van der Waals surface area contributed by atoms with Crippen LogP contribution in [0, 0.1) is 0 Å². The zero-order valence-corrected chi connectivity index (χ0v) is 15.4. The Morgan fingerprint density at radius 1 is 1.07 bits per heavy atom. The van der Waals surface area contributed by atoms with Gasteiger partial charge in [-0.1, -0.05) is 37.3 Å². The number of hydrogen-bond acceptors (Lipinski definition) is 5. The molecule has 0 aliphatic rings. The van der Waals surface area contributed by atoms with Gasteiger partial charge in [0.2, 0.25) is 0 Å². The van der Waals surface area contributed by atoms with Crippen molar-refractivity contribution >= 4 is 18.0 Å². The number of hydrazone groups is 1. The Morgan fingerprint density at radius 2 is 1.85 bits per heavy atom.